The van der Waals surface area contributed by atoms with Gasteiger partial charge in [0.2, 0.25) is 0 Å². The molecule has 1 heterocycles. The number of nitrogens with zero attached hydrogens (tertiary/aromatic N) is 2. The van der Waals surface area contributed by atoms with Crippen molar-refractivity contribution in [3.05, 3.63) is 72.2 Å². The number of para-hydroxylation sites is 1. The molecule has 0 unspecified atom stereocenters. The van der Waals surface area contributed by atoms with Gasteiger partial charge in [-0.3, -0.25) is 4.79 Å². The quantitative estimate of drug-likeness (QED) is 0.680. The molecule has 0 aliphatic rings. The predicted octanol–water partition coefficient (Wildman–Crippen LogP) is 3.49. The standard InChI is InChI=1S/C16H11FN2O/c17-13-7-6-12(11-20)15(10-13)16-8-9-18-19(16)14-4-2-1-3-5-14/h1-11H. The van der Waals surface area contributed by atoms with E-state index in [1.807, 2.05) is 30.3 Å². The van der Waals surface area contributed by atoms with Crippen LogP contribution in [0.25, 0.3) is 16.9 Å². The van der Waals surface area contributed by atoms with Crippen LogP contribution in [0.3, 0.4) is 0 Å². The summed E-state index contributed by atoms with van der Waals surface area (Å²) < 4.78 is 15.1. The van der Waals surface area contributed by atoms with Gasteiger partial charge in [0, 0.05) is 11.1 Å². The minimum absolute atomic E-state index is 0.383. The van der Waals surface area contributed by atoms with Crippen molar-refractivity contribution in [2.45, 2.75) is 0 Å². The van der Waals surface area contributed by atoms with E-state index < -0.39 is 0 Å². The van der Waals surface area contributed by atoms with Crippen molar-refractivity contribution in [3.63, 3.8) is 0 Å². The Kier molecular flexibility index (Phi) is 3.13. The van der Waals surface area contributed by atoms with Gasteiger partial charge in [0.25, 0.3) is 0 Å². The van der Waals surface area contributed by atoms with Crippen molar-refractivity contribution in [2.24, 2.45) is 0 Å². The number of carbonyl (C=O) groups excluding carboxylic acids is 1. The lowest BCUT2D eigenvalue weighted by atomic mass is 10.1. The summed E-state index contributed by atoms with van der Waals surface area (Å²) in [7, 11) is 0. The Bertz CT molecular complexity index is 750. The lowest BCUT2D eigenvalue weighted by Gasteiger charge is -2.09. The van der Waals surface area contributed by atoms with E-state index in [9.17, 15) is 9.18 Å². The van der Waals surface area contributed by atoms with Gasteiger partial charge in [-0.2, -0.15) is 5.10 Å². The zero-order valence-corrected chi connectivity index (χ0v) is 10.5. The van der Waals surface area contributed by atoms with Crippen molar-refractivity contribution in [1.82, 2.24) is 9.78 Å². The van der Waals surface area contributed by atoms with E-state index >= 15 is 0 Å². The summed E-state index contributed by atoms with van der Waals surface area (Å²) in [4.78, 5) is 11.1. The number of hydrogen-bond acceptors (Lipinski definition) is 2. The average molecular weight is 266 g/mol. The van der Waals surface area contributed by atoms with Gasteiger partial charge >= 0.3 is 0 Å². The molecule has 0 aliphatic heterocycles. The summed E-state index contributed by atoms with van der Waals surface area (Å²) in [5, 5.41) is 4.25. The fourth-order valence-corrected chi connectivity index (χ4v) is 2.14. The highest BCUT2D eigenvalue weighted by atomic mass is 19.1. The van der Waals surface area contributed by atoms with Gasteiger partial charge in [0.1, 0.15) is 5.82 Å². The molecule has 0 amide bonds. The highest BCUT2D eigenvalue weighted by molar-refractivity contribution is 5.86. The van der Waals surface area contributed by atoms with Crippen LogP contribution in [0.4, 0.5) is 4.39 Å². The number of rotatable bonds is 3. The fourth-order valence-electron chi connectivity index (χ4n) is 2.14. The van der Waals surface area contributed by atoms with Gasteiger partial charge in [-0.25, -0.2) is 9.07 Å². The maximum absolute atomic E-state index is 13.5. The van der Waals surface area contributed by atoms with Crippen LogP contribution in [0, 0.1) is 5.82 Å². The first kappa shape index (κ1) is 12.3. The first-order chi connectivity index (χ1) is 9.79. The maximum Gasteiger partial charge on any atom is 0.150 e. The Balaban J connectivity index is 2.20. The summed E-state index contributed by atoms with van der Waals surface area (Å²) in [6.45, 7) is 0. The van der Waals surface area contributed by atoms with Crippen molar-refractivity contribution >= 4 is 6.29 Å². The van der Waals surface area contributed by atoms with Gasteiger partial charge in [0.05, 0.1) is 17.6 Å². The molecule has 98 valence electrons. The fraction of sp³-hybridized carbons (Fsp3) is 0. The highest BCUT2D eigenvalue weighted by Gasteiger charge is 2.12. The van der Waals surface area contributed by atoms with Gasteiger partial charge in [-0.05, 0) is 36.4 Å². The third-order valence-corrected chi connectivity index (χ3v) is 3.06. The zero-order chi connectivity index (χ0) is 13.9. The molecular weight excluding hydrogens is 255 g/mol. The molecule has 1 aromatic heterocycles. The van der Waals surface area contributed by atoms with Gasteiger partial charge in [-0.1, -0.05) is 18.2 Å². The van der Waals surface area contributed by atoms with E-state index in [1.165, 1.54) is 18.2 Å². The topological polar surface area (TPSA) is 34.9 Å². The Morgan fingerprint density at radius 2 is 1.85 bits per heavy atom. The van der Waals surface area contributed by atoms with Crippen molar-refractivity contribution in [2.75, 3.05) is 0 Å². The van der Waals surface area contributed by atoms with Crippen LogP contribution in [-0.2, 0) is 0 Å². The van der Waals surface area contributed by atoms with Crippen molar-refractivity contribution in [1.29, 1.82) is 0 Å². The van der Waals surface area contributed by atoms with E-state index in [2.05, 4.69) is 5.10 Å². The predicted molar refractivity (Wildman–Crippen MR) is 74.3 cm³/mol. The molecule has 0 aliphatic carbocycles. The molecule has 3 nitrogen and oxygen atoms in total. The lowest BCUT2D eigenvalue weighted by Crippen LogP contribution is -2.00. The molecule has 0 spiro atoms. The Morgan fingerprint density at radius 1 is 1.05 bits per heavy atom. The van der Waals surface area contributed by atoms with Crippen LogP contribution in [0.15, 0.2) is 60.8 Å². The Morgan fingerprint density at radius 3 is 2.60 bits per heavy atom. The molecule has 0 saturated carbocycles. The summed E-state index contributed by atoms with van der Waals surface area (Å²) in [6.07, 6.45) is 2.35. The van der Waals surface area contributed by atoms with Crippen molar-refractivity contribution < 1.29 is 9.18 Å². The summed E-state index contributed by atoms with van der Waals surface area (Å²) in [6, 6.07) is 15.4. The molecule has 0 saturated heterocycles. The van der Waals surface area contributed by atoms with Gasteiger partial charge in [0.15, 0.2) is 6.29 Å². The van der Waals surface area contributed by atoms with Crippen LogP contribution in [-0.4, -0.2) is 16.1 Å². The number of hydrogen-bond donors (Lipinski definition) is 0. The summed E-state index contributed by atoms with van der Waals surface area (Å²) in [5.74, 6) is -0.383. The molecule has 3 rings (SSSR count). The monoisotopic (exact) mass is 266 g/mol. The van der Waals surface area contributed by atoms with Crippen LogP contribution in [0.1, 0.15) is 10.4 Å². The molecule has 20 heavy (non-hydrogen) atoms. The second kappa shape index (κ2) is 5.09. The minimum atomic E-state index is -0.383. The summed E-state index contributed by atoms with van der Waals surface area (Å²) in [5.41, 5.74) is 2.50. The van der Waals surface area contributed by atoms with Crippen molar-refractivity contribution in [3.8, 4) is 16.9 Å². The SMILES string of the molecule is O=Cc1ccc(F)cc1-c1ccnn1-c1ccccc1. The van der Waals surface area contributed by atoms with Crippen LogP contribution in [0.2, 0.25) is 0 Å². The van der Waals surface area contributed by atoms with E-state index in [0.717, 1.165) is 12.0 Å². The third-order valence-electron chi connectivity index (χ3n) is 3.06. The van der Waals surface area contributed by atoms with E-state index in [1.54, 1.807) is 16.9 Å². The molecule has 0 radical (unpaired) electrons. The first-order valence-corrected chi connectivity index (χ1v) is 6.14. The van der Waals surface area contributed by atoms with E-state index in [4.69, 9.17) is 0 Å². The lowest BCUT2D eigenvalue weighted by molar-refractivity contribution is 0.112. The van der Waals surface area contributed by atoms with E-state index in [0.29, 0.717) is 16.8 Å². The zero-order valence-electron chi connectivity index (χ0n) is 10.5. The summed E-state index contributed by atoms with van der Waals surface area (Å²) >= 11 is 0. The highest BCUT2D eigenvalue weighted by Crippen LogP contribution is 2.25. The molecule has 0 N–H and O–H groups in total. The third kappa shape index (κ3) is 2.12. The molecule has 2 aromatic carbocycles. The Hall–Kier alpha value is -2.75. The smallest absolute Gasteiger partial charge is 0.150 e. The Labute approximate surface area is 115 Å². The number of aromatic nitrogens is 2. The molecule has 0 atom stereocenters. The van der Waals surface area contributed by atoms with Crippen LogP contribution < -0.4 is 0 Å². The number of halogens is 1. The second-order valence-electron chi connectivity index (χ2n) is 4.31. The number of carbonyl (C=O) groups is 1. The molecule has 0 bridgehead atoms. The van der Waals surface area contributed by atoms with Gasteiger partial charge in [-0.15, -0.1) is 0 Å². The average Bonchev–Trinajstić information content (AvgIpc) is 2.97. The largest absolute Gasteiger partial charge is 0.298 e. The number of benzene rings is 2. The number of aldehydes is 1. The van der Waals surface area contributed by atoms with Gasteiger partial charge < -0.3 is 0 Å². The second-order valence-corrected chi connectivity index (χ2v) is 4.31. The maximum atomic E-state index is 13.5. The normalized spacial score (nSPS) is 10.4. The minimum Gasteiger partial charge on any atom is -0.298 e. The first-order valence-electron chi connectivity index (χ1n) is 6.14. The molecule has 4 heteroatoms. The molecule has 0 fully saturated rings. The van der Waals surface area contributed by atoms with E-state index in [-0.39, 0.29) is 5.82 Å². The van der Waals surface area contributed by atoms with Crippen LogP contribution >= 0.6 is 0 Å². The molecular formula is C16H11FN2O. The van der Waals surface area contributed by atoms with Crippen LogP contribution in [0.5, 0.6) is 0 Å². The molecule has 3 aromatic rings.